The first kappa shape index (κ1) is 25.8. The first-order chi connectivity index (χ1) is 16.7. The summed E-state index contributed by atoms with van der Waals surface area (Å²) in [5, 5.41) is 16.8. The molecule has 0 radical (unpaired) electrons. The van der Waals surface area contributed by atoms with Crippen LogP contribution in [0.4, 0.5) is 10.2 Å². The van der Waals surface area contributed by atoms with Crippen LogP contribution in [0.1, 0.15) is 56.9 Å². The Kier molecular flexibility index (Phi) is 8.48. The smallest absolute Gasteiger partial charge is 0.220 e. The zero-order valence-corrected chi connectivity index (χ0v) is 20.5. The molecule has 3 rings (SSSR count). The number of hydrogen-bond donors (Lipinski definition) is 2. The fourth-order valence-electron chi connectivity index (χ4n) is 3.60. The van der Waals surface area contributed by atoms with Gasteiger partial charge in [0.2, 0.25) is 5.91 Å². The summed E-state index contributed by atoms with van der Waals surface area (Å²) in [5.41, 5.74) is 8.85. The Labute approximate surface area is 205 Å². The number of halogens is 1. The van der Waals surface area contributed by atoms with Crippen molar-refractivity contribution in [3.05, 3.63) is 71.2 Å². The van der Waals surface area contributed by atoms with Crippen LogP contribution in [0.3, 0.4) is 0 Å². The van der Waals surface area contributed by atoms with E-state index in [0.717, 1.165) is 5.75 Å². The molecule has 3 aromatic rings. The Morgan fingerprint density at radius 3 is 2.46 bits per heavy atom. The maximum absolute atomic E-state index is 13.2. The van der Waals surface area contributed by atoms with E-state index in [1.807, 2.05) is 12.1 Å². The molecule has 2 aromatic carbocycles. The summed E-state index contributed by atoms with van der Waals surface area (Å²) in [5.74, 6) is 0.600. The third kappa shape index (κ3) is 7.06. The average molecular weight is 478 g/mol. The molecule has 0 fully saturated rings. The van der Waals surface area contributed by atoms with Gasteiger partial charge >= 0.3 is 0 Å². The fourth-order valence-corrected chi connectivity index (χ4v) is 3.60. The standard InChI is InChI=1S/C27H32FN5O2/c1-27(2,3)19-8-14-22(15-9-19)35-17-5-7-25(34)31-16-4-6-24-23(18-29)26(30)33(32-24)21-12-10-20(28)11-13-21/h8-15H,4-7,16-17,30H2,1-3H3,(H,31,34). The van der Waals surface area contributed by atoms with E-state index >= 15 is 0 Å². The van der Waals surface area contributed by atoms with Crippen LogP contribution in [0.5, 0.6) is 5.75 Å². The molecule has 8 heteroatoms. The van der Waals surface area contributed by atoms with Gasteiger partial charge in [0.1, 0.15) is 29.0 Å². The van der Waals surface area contributed by atoms with Gasteiger partial charge in [0, 0.05) is 13.0 Å². The van der Waals surface area contributed by atoms with Gasteiger partial charge in [-0.3, -0.25) is 4.79 Å². The average Bonchev–Trinajstić information content (AvgIpc) is 3.15. The van der Waals surface area contributed by atoms with Crippen LogP contribution in [-0.2, 0) is 16.6 Å². The van der Waals surface area contributed by atoms with E-state index < -0.39 is 0 Å². The molecule has 0 aliphatic carbocycles. The lowest BCUT2D eigenvalue weighted by atomic mass is 9.87. The highest BCUT2D eigenvalue weighted by atomic mass is 19.1. The van der Waals surface area contributed by atoms with Gasteiger partial charge in [0.25, 0.3) is 0 Å². The maximum atomic E-state index is 13.2. The van der Waals surface area contributed by atoms with Crippen molar-refractivity contribution in [2.24, 2.45) is 0 Å². The second-order valence-electron chi connectivity index (χ2n) is 9.39. The number of nitriles is 1. The molecule has 1 amide bonds. The summed E-state index contributed by atoms with van der Waals surface area (Å²) in [7, 11) is 0. The third-order valence-electron chi connectivity index (χ3n) is 5.63. The van der Waals surface area contributed by atoms with E-state index in [2.05, 4.69) is 49.4 Å². The van der Waals surface area contributed by atoms with E-state index in [-0.39, 0.29) is 23.0 Å². The molecule has 0 aliphatic heterocycles. The number of nitrogen functional groups attached to an aromatic ring is 1. The molecule has 0 aliphatic rings. The lowest BCUT2D eigenvalue weighted by molar-refractivity contribution is -0.121. The van der Waals surface area contributed by atoms with Gasteiger partial charge in [-0.25, -0.2) is 9.07 Å². The van der Waals surface area contributed by atoms with Gasteiger partial charge in [0.15, 0.2) is 0 Å². The molecule has 1 aromatic heterocycles. The number of anilines is 1. The summed E-state index contributed by atoms with van der Waals surface area (Å²) in [6, 6.07) is 15.9. The van der Waals surface area contributed by atoms with Crippen LogP contribution in [-0.4, -0.2) is 28.8 Å². The Morgan fingerprint density at radius 2 is 1.83 bits per heavy atom. The minimum absolute atomic E-state index is 0.0476. The van der Waals surface area contributed by atoms with Gasteiger partial charge in [-0.05, 0) is 66.6 Å². The number of aryl methyl sites for hydroxylation is 1. The number of carbonyl (C=O) groups is 1. The monoisotopic (exact) mass is 477 g/mol. The molecule has 0 spiro atoms. The van der Waals surface area contributed by atoms with E-state index in [1.54, 1.807) is 12.1 Å². The number of ether oxygens (including phenoxy) is 1. The Morgan fingerprint density at radius 1 is 1.14 bits per heavy atom. The highest BCUT2D eigenvalue weighted by Gasteiger charge is 2.16. The second-order valence-corrected chi connectivity index (χ2v) is 9.39. The minimum Gasteiger partial charge on any atom is -0.494 e. The van der Waals surface area contributed by atoms with E-state index in [0.29, 0.717) is 55.8 Å². The zero-order chi connectivity index (χ0) is 25.4. The number of nitrogens with zero attached hydrogens (tertiary/aromatic N) is 3. The minimum atomic E-state index is -0.364. The first-order valence-electron chi connectivity index (χ1n) is 11.7. The topological polar surface area (TPSA) is 106 Å². The van der Waals surface area contributed by atoms with Crippen LogP contribution in [0.25, 0.3) is 5.69 Å². The molecule has 35 heavy (non-hydrogen) atoms. The largest absolute Gasteiger partial charge is 0.494 e. The van der Waals surface area contributed by atoms with Crippen LogP contribution < -0.4 is 15.8 Å². The van der Waals surface area contributed by atoms with Gasteiger partial charge in [-0.2, -0.15) is 10.4 Å². The van der Waals surface area contributed by atoms with Gasteiger partial charge in [-0.1, -0.05) is 32.9 Å². The van der Waals surface area contributed by atoms with Crippen molar-refractivity contribution in [3.63, 3.8) is 0 Å². The lowest BCUT2D eigenvalue weighted by Crippen LogP contribution is -2.25. The fraction of sp³-hybridized carbons (Fsp3) is 0.370. The number of rotatable bonds is 10. The number of carbonyl (C=O) groups excluding carboxylic acids is 1. The molecule has 0 saturated carbocycles. The van der Waals surface area contributed by atoms with E-state index in [9.17, 15) is 14.4 Å². The van der Waals surface area contributed by atoms with Crippen molar-refractivity contribution < 1.29 is 13.9 Å². The van der Waals surface area contributed by atoms with Crippen LogP contribution in [0.2, 0.25) is 0 Å². The summed E-state index contributed by atoms with van der Waals surface area (Å²) in [4.78, 5) is 12.1. The highest BCUT2D eigenvalue weighted by Crippen LogP contribution is 2.24. The molecule has 1 heterocycles. The van der Waals surface area contributed by atoms with Crippen molar-refractivity contribution in [1.82, 2.24) is 15.1 Å². The molecule has 184 valence electrons. The number of amides is 1. The van der Waals surface area contributed by atoms with Crippen molar-refractivity contribution in [1.29, 1.82) is 5.26 Å². The van der Waals surface area contributed by atoms with Crippen molar-refractivity contribution in [3.8, 4) is 17.5 Å². The Hall–Kier alpha value is -3.86. The lowest BCUT2D eigenvalue weighted by Gasteiger charge is -2.19. The molecule has 0 bridgehead atoms. The van der Waals surface area contributed by atoms with Gasteiger partial charge in [-0.15, -0.1) is 0 Å². The summed E-state index contributed by atoms with van der Waals surface area (Å²) in [6.45, 7) is 7.43. The van der Waals surface area contributed by atoms with Crippen molar-refractivity contribution in [2.45, 2.75) is 51.9 Å². The summed E-state index contributed by atoms with van der Waals surface area (Å²) >= 11 is 0. The van der Waals surface area contributed by atoms with Gasteiger partial charge in [0.05, 0.1) is 18.0 Å². The summed E-state index contributed by atoms with van der Waals surface area (Å²) in [6.07, 6.45) is 2.08. The number of nitrogens with one attached hydrogen (secondary N) is 1. The van der Waals surface area contributed by atoms with Crippen molar-refractivity contribution in [2.75, 3.05) is 18.9 Å². The molecule has 0 atom stereocenters. The number of hydrogen-bond acceptors (Lipinski definition) is 5. The SMILES string of the molecule is CC(C)(C)c1ccc(OCCCC(=O)NCCCc2nn(-c3ccc(F)cc3)c(N)c2C#N)cc1. The number of benzene rings is 2. The Bertz CT molecular complexity index is 1170. The van der Waals surface area contributed by atoms with E-state index in [4.69, 9.17) is 10.5 Å². The predicted octanol–water partition coefficient (Wildman–Crippen LogP) is 4.67. The van der Waals surface area contributed by atoms with Crippen LogP contribution >= 0.6 is 0 Å². The molecule has 0 saturated heterocycles. The van der Waals surface area contributed by atoms with Crippen LogP contribution in [0, 0.1) is 17.1 Å². The summed E-state index contributed by atoms with van der Waals surface area (Å²) < 4.78 is 20.4. The normalized spacial score (nSPS) is 11.2. The molecular weight excluding hydrogens is 445 g/mol. The van der Waals surface area contributed by atoms with E-state index in [1.165, 1.54) is 22.4 Å². The molecule has 3 N–H and O–H groups in total. The molecule has 7 nitrogen and oxygen atoms in total. The third-order valence-corrected chi connectivity index (χ3v) is 5.63. The quantitative estimate of drug-likeness (QED) is 0.413. The van der Waals surface area contributed by atoms with Gasteiger partial charge < -0.3 is 15.8 Å². The second kappa shape index (κ2) is 11.5. The predicted molar refractivity (Wildman–Crippen MR) is 134 cm³/mol. The molecule has 0 unspecified atom stereocenters. The highest BCUT2D eigenvalue weighted by molar-refractivity contribution is 5.75. The molecular formula is C27H32FN5O2. The Balaban J connectivity index is 1.39. The van der Waals surface area contributed by atoms with Crippen molar-refractivity contribution >= 4 is 11.7 Å². The zero-order valence-electron chi connectivity index (χ0n) is 20.5. The first-order valence-corrected chi connectivity index (χ1v) is 11.7. The maximum Gasteiger partial charge on any atom is 0.220 e. The number of nitrogens with two attached hydrogens (primary N) is 1. The van der Waals surface area contributed by atoms with Crippen LogP contribution in [0.15, 0.2) is 48.5 Å². The number of aromatic nitrogens is 2.